The molecule has 0 saturated carbocycles. The Labute approximate surface area is 75.9 Å². The van der Waals surface area contributed by atoms with Crippen LogP contribution in [-0.4, -0.2) is 6.54 Å². The summed E-state index contributed by atoms with van der Waals surface area (Å²) in [4.78, 5) is 0. The maximum atomic E-state index is 13.1. The minimum Gasteiger partial charge on any atom is -0.327 e. The highest BCUT2D eigenvalue weighted by atomic mass is 19.1. The van der Waals surface area contributed by atoms with Gasteiger partial charge in [-0.15, -0.1) is 0 Å². The van der Waals surface area contributed by atoms with Gasteiger partial charge >= 0.3 is 0 Å². The van der Waals surface area contributed by atoms with Gasteiger partial charge in [0.05, 0.1) is 0 Å². The van der Waals surface area contributed by atoms with Gasteiger partial charge < -0.3 is 5.73 Å². The third kappa shape index (κ3) is 2.36. The quantitative estimate of drug-likeness (QED) is 0.747. The van der Waals surface area contributed by atoms with Crippen molar-refractivity contribution in [1.82, 2.24) is 0 Å². The molecule has 0 fully saturated rings. The molecule has 1 nitrogen and oxygen atoms in total. The molecule has 2 N–H and O–H groups in total. The minimum absolute atomic E-state index is 0.230. The first kappa shape index (κ1) is 9.86. The summed E-state index contributed by atoms with van der Waals surface area (Å²) in [6.45, 7) is 1.84. The maximum Gasteiger partial charge on any atom is 0.130 e. The van der Waals surface area contributed by atoms with Crippen molar-refractivity contribution in [2.75, 3.05) is 6.54 Å². The lowest BCUT2D eigenvalue weighted by Gasteiger charge is -2.00. The van der Waals surface area contributed by atoms with Crippen LogP contribution in [0.15, 0.2) is 18.2 Å². The largest absolute Gasteiger partial charge is 0.327 e. The summed E-state index contributed by atoms with van der Waals surface area (Å²) in [6, 6.07) is 2.34. The summed E-state index contributed by atoms with van der Waals surface area (Å²) in [5.74, 6) is -0.832. The number of aryl methyl sites for hydroxylation is 1. The van der Waals surface area contributed by atoms with Gasteiger partial charge in [0.25, 0.3) is 0 Å². The van der Waals surface area contributed by atoms with Crippen LogP contribution in [0.5, 0.6) is 0 Å². The van der Waals surface area contributed by atoms with Crippen molar-refractivity contribution in [3.05, 3.63) is 41.0 Å². The van der Waals surface area contributed by atoms with Crippen LogP contribution < -0.4 is 5.73 Å². The zero-order chi connectivity index (χ0) is 9.84. The summed E-state index contributed by atoms with van der Waals surface area (Å²) in [6.07, 6.45) is 3.05. The van der Waals surface area contributed by atoms with Crippen LogP contribution in [0.2, 0.25) is 0 Å². The van der Waals surface area contributed by atoms with Gasteiger partial charge in [-0.3, -0.25) is 0 Å². The first-order valence-corrected chi connectivity index (χ1v) is 3.97. The van der Waals surface area contributed by atoms with Gasteiger partial charge in [0.15, 0.2) is 0 Å². The van der Waals surface area contributed by atoms with Crippen molar-refractivity contribution >= 4 is 6.08 Å². The predicted octanol–water partition coefficient (Wildman–Crippen LogP) is 2.25. The van der Waals surface area contributed by atoms with Gasteiger partial charge in [0.2, 0.25) is 0 Å². The molecule has 13 heavy (non-hydrogen) atoms. The Bertz CT molecular complexity index is 332. The molecule has 0 saturated heterocycles. The second-order valence-corrected chi connectivity index (χ2v) is 2.76. The first-order chi connectivity index (χ1) is 6.15. The summed E-state index contributed by atoms with van der Waals surface area (Å²) in [5, 5.41) is 0. The fourth-order valence-corrected chi connectivity index (χ4v) is 0.984. The van der Waals surface area contributed by atoms with Crippen LogP contribution in [0.3, 0.4) is 0 Å². The first-order valence-electron chi connectivity index (χ1n) is 3.97. The second kappa shape index (κ2) is 4.14. The molecule has 70 valence electrons. The summed E-state index contributed by atoms with van der Waals surface area (Å²) >= 11 is 0. The normalized spacial score (nSPS) is 11.1. The summed E-state index contributed by atoms with van der Waals surface area (Å²) in [7, 11) is 0. The Hall–Kier alpha value is -1.22. The summed E-state index contributed by atoms with van der Waals surface area (Å²) in [5.41, 5.74) is 5.73. The van der Waals surface area contributed by atoms with Crippen LogP contribution in [-0.2, 0) is 0 Å². The molecule has 0 bridgehead atoms. The van der Waals surface area contributed by atoms with E-state index in [-0.39, 0.29) is 5.56 Å². The SMILES string of the molecule is Cc1cc(F)c(/C=C/CN)cc1F. The van der Waals surface area contributed by atoms with E-state index in [1.54, 1.807) is 6.08 Å². The van der Waals surface area contributed by atoms with E-state index in [0.717, 1.165) is 6.07 Å². The van der Waals surface area contributed by atoms with Gasteiger partial charge in [-0.1, -0.05) is 12.2 Å². The monoisotopic (exact) mass is 183 g/mol. The number of hydrogen-bond acceptors (Lipinski definition) is 1. The van der Waals surface area contributed by atoms with E-state index >= 15 is 0 Å². The molecule has 0 amide bonds. The molecular weight excluding hydrogens is 172 g/mol. The van der Waals surface area contributed by atoms with E-state index in [1.165, 1.54) is 19.1 Å². The van der Waals surface area contributed by atoms with E-state index < -0.39 is 11.6 Å². The predicted molar refractivity (Wildman–Crippen MR) is 49.2 cm³/mol. The van der Waals surface area contributed by atoms with Crippen LogP contribution in [0.25, 0.3) is 6.08 Å². The molecule has 1 aromatic rings. The lowest BCUT2D eigenvalue weighted by atomic mass is 10.1. The molecule has 0 aliphatic heterocycles. The van der Waals surface area contributed by atoms with Crippen molar-refractivity contribution in [2.45, 2.75) is 6.92 Å². The number of benzene rings is 1. The topological polar surface area (TPSA) is 26.0 Å². The number of nitrogens with two attached hydrogens (primary N) is 1. The van der Waals surface area contributed by atoms with Crippen LogP contribution in [0.1, 0.15) is 11.1 Å². The minimum atomic E-state index is -0.427. The molecule has 0 spiro atoms. The van der Waals surface area contributed by atoms with Crippen molar-refractivity contribution in [3.8, 4) is 0 Å². The molecule has 0 aliphatic carbocycles. The van der Waals surface area contributed by atoms with E-state index in [9.17, 15) is 8.78 Å². The average molecular weight is 183 g/mol. The van der Waals surface area contributed by atoms with Crippen molar-refractivity contribution in [1.29, 1.82) is 0 Å². The molecular formula is C10H11F2N. The fourth-order valence-electron chi connectivity index (χ4n) is 0.984. The molecule has 3 heteroatoms. The van der Waals surface area contributed by atoms with Crippen molar-refractivity contribution in [2.24, 2.45) is 5.73 Å². The van der Waals surface area contributed by atoms with E-state index in [2.05, 4.69) is 0 Å². The van der Waals surface area contributed by atoms with Crippen LogP contribution >= 0.6 is 0 Å². The van der Waals surface area contributed by atoms with E-state index in [1.807, 2.05) is 0 Å². The third-order valence-electron chi connectivity index (χ3n) is 1.71. The van der Waals surface area contributed by atoms with E-state index in [4.69, 9.17) is 5.73 Å². The molecule has 0 radical (unpaired) electrons. The highest BCUT2D eigenvalue weighted by Crippen LogP contribution is 2.15. The Kier molecular flexibility index (Phi) is 3.14. The van der Waals surface area contributed by atoms with Gasteiger partial charge in [0.1, 0.15) is 11.6 Å². The van der Waals surface area contributed by atoms with Gasteiger partial charge in [0, 0.05) is 12.1 Å². The molecule has 0 aromatic heterocycles. The average Bonchev–Trinajstić information content (AvgIpc) is 2.09. The number of hydrogen-bond donors (Lipinski definition) is 1. The number of halogens is 2. The Morgan fingerprint density at radius 2 is 2.00 bits per heavy atom. The Morgan fingerprint density at radius 3 is 2.62 bits per heavy atom. The molecule has 0 unspecified atom stereocenters. The molecule has 1 aromatic carbocycles. The highest BCUT2D eigenvalue weighted by Gasteiger charge is 2.03. The zero-order valence-corrected chi connectivity index (χ0v) is 7.35. The molecule has 1 rings (SSSR count). The lowest BCUT2D eigenvalue weighted by molar-refractivity contribution is 0.590. The van der Waals surface area contributed by atoms with Crippen LogP contribution in [0.4, 0.5) is 8.78 Å². The van der Waals surface area contributed by atoms with Crippen molar-refractivity contribution < 1.29 is 8.78 Å². The van der Waals surface area contributed by atoms with Crippen LogP contribution in [0, 0.1) is 18.6 Å². The lowest BCUT2D eigenvalue weighted by Crippen LogP contribution is -1.93. The standard InChI is InChI=1S/C10H11F2N/c1-7-5-10(12)8(3-2-4-13)6-9(7)11/h2-3,5-6H,4,13H2,1H3/b3-2+. The highest BCUT2D eigenvalue weighted by molar-refractivity contribution is 5.51. The molecule has 0 aliphatic rings. The Morgan fingerprint density at radius 1 is 1.31 bits per heavy atom. The third-order valence-corrected chi connectivity index (χ3v) is 1.71. The molecule has 0 atom stereocenters. The van der Waals surface area contributed by atoms with E-state index in [0.29, 0.717) is 12.1 Å². The molecule has 0 heterocycles. The zero-order valence-electron chi connectivity index (χ0n) is 7.35. The fraction of sp³-hybridized carbons (Fsp3) is 0.200. The van der Waals surface area contributed by atoms with Gasteiger partial charge in [-0.2, -0.15) is 0 Å². The summed E-state index contributed by atoms with van der Waals surface area (Å²) < 4.78 is 26.0. The van der Waals surface area contributed by atoms with Crippen molar-refractivity contribution in [3.63, 3.8) is 0 Å². The number of rotatable bonds is 2. The maximum absolute atomic E-state index is 13.1. The second-order valence-electron chi connectivity index (χ2n) is 2.76. The van der Waals surface area contributed by atoms with Gasteiger partial charge in [-0.05, 0) is 24.6 Å². The van der Waals surface area contributed by atoms with Gasteiger partial charge in [-0.25, -0.2) is 8.78 Å². The Balaban J connectivity index is 3.08. The smallest absolute Gasteiger partial charge is 0.130 e.